The smallest absolute Gasteiger partial charge is 0.246 e. The number of hydrogen-bond acceptors (Lipinski definition) is 3. The molecule has 0 spiro atoms. The van der Waals surface area contributed by atoms with E-state index in [-0.39, 0.29) is 11.9 Å². The van der Waals surface area contributed by atoms with E-state index in [1.54, 1.807) is 0 Å². The Morgan fingerprint density at radius 2 is 1.65 bits per heavy atom. The van der Waals surface area contributed by atoms with Gasteiger partial charge in [0.25, 0.3) is 0 Å². The van der Waals surface area contributed by atoms with Gasteiger partial charge in [0.2, 0.25) is 5.91 Å². The van der Waals surface area contributed by atoms with E-state index in [0.29, 0.717) is 6.54 Å². The average Bonchev–Trinajstić information content (AvgIpc) is 3.29. The number of allylic oxidation sites excluding steroid dienone is 2. The highest BCUT2D eigenvalue weighted by atomic mass is 16.2. The third kappa shape index (κ3) is 7.68. The first kappa shape index (κ1) is 29.7. The van der Waals surface area contributed by atoms with Crippen LogP contribution in [0.25, 0.3) is 16.8 Å². The zero-order valence-corrected chi connectivity index (χ0v) is 24.7. The van der Waals surface area contributed by atoms with E-state index in [0.717, 1.165) is 49.3 Å². The molecule has 214 valence electrons. The summed E-state index contributed by atoms with van der Waals surface area (Å²) in [6, 6.07) is 15.0. The number of rotatable bonds is 16. The lowest BCUT2D eigenvalue weighted by molar-refractivity contribution is -0.125. The van der Waals surface area contributed by atoms with Gasteiger partial charge in [-0.3, -0.25) is 4.79 Å². The van der Waals surface area contributed by atoms with Gasteiger partial charge in [0.1, 0.15) is 6.04 Å². The second kappa shape index (κ2) is 14.9. The monoisotopic (exact) mass is 539 g/mol. The quantitative estimate of drug-likeness (QED) is 0.210. The van der Waals surface area contributed by atoms with Crippen LogP contribution in [0.5, 0.6) is 0 Å². The van der Waals surface area contributed by atoms with Crippen LogP contribution in [0.1, 0.15) is 101 Å². The average molecular weight is 540 g/mol. The van der Waals surface area contributed by atoms with Crippen LogP contribution in [-0.4, -0.2) is 23.4 Å². The van der Waals surface area contributed by atoms with Crippen LogP contribution in [0.4, 0.5) is 0 Å². The molecular formula is C36H49N3O. The predicted octanol–water partition coefficient (Wildman–Crippen LogP) is 8.50. The first-order chi connectivity index (χ1) is 19.5. The largest absolute Gasteiger partial charge is 0.389 e. The van der Waals surface area contributed by atoms with Crippen molar-refractivity contribution in [1.29, 1.82) is 0 Å². The van der Waals surface area contributed by atoms with Crippen LogP contribution in [0.2, 0.25) is 0 Å². The molecule has 0 aromatic heterocycles. The van der Waals surface area contributed by atoms with Gasteiger partial charge in [-0.2, -0.15) is 0 Å². The van der Waals surface area contributed by atoms with Crippen molar-refractivity contribution in [3.8, 4) is 11.1 Å². The highest BCUT2D eigenvalue weighted by Gasteiger charge is 2.36. The van der Waals surface area contributed by atoms with Gasteiger partial charge in [0.05, 0.1) is 0 Å². The van der Waals surface area contributed by atoms with Crippen LogP contribution in [0, 0.1) is 0 Å². The highest BCUT2D eigenvalue weighted by molar-refractivity contribution is 5.90. The van der Waals surface area contributed by atoms with Gasteiger partial charge in [-0.15, -0.1) is 0 Å². The van der Waals surface area contributed by atoms with Crippen LogP contribution >= 0.6 is 0 Å². The number of nitrogens with one attached hydrogen (secondary N) is 2. The maximum atomic E-state index is 12.8. The van der Waals surface area contributed by atoms with Gasteiger partial charge in [-0.25, -0.2) is 0 Å². The molecule has 1 fully saturated rings. The minimum Gasteiger partial charge on any atom is -0.389 e. The molecule has 2 aromatic carbocycles. The van der Waals surface area contributed by atoms with Crippen molar-refractivity contribution >= 4 is 11.6 Å². The van der Waals surface area contributed by atoms with Gasteiger partial charge < -0.3 is 15.5 Å². The molecule has 2 aliphatic heterocycles. The Morgan fingerprint density at radius 3 is 2.40 bits per heavy atom. The topological polar surface area (TPSA) is 44.4 Å². The molecule has 40 heavy (non-hydrogen) atoms. The molecule has 1 amide bonds. The minimum atomic E-state index is -0.200. The van der Waals surface area contributed by atoms with Crippen LogP contribution in [-0.2, 0) is 17.8 Å². The van der Waals surface area contributed by atoms with Crippen molar-refractivity contribution in [3.63, 3.8) is 0 Å². The lowest BCUT2D eigenvalue weighted by Crippen LogP contribution is -2.47. The fraction of sp³-hybridized carbons (Fsp3) is 0.472. The summed E-state index contributed by atoms with van der Waals surface area (Å²) in [6.07, 6.45) is 15.6. The summed E-state index contributed by atoms with van der Waals surface area (Å²) in [5.74, 6) is 0.0283. The molecule has 2 N–H and O–H groups in total. The third-order valence-electron chi connectivity index (χ3n) is 8.48. The molecule has 2 heterocycles. The number of carbonyl (C=O) groups excluding carboxylic acids is 1. The molecule has 1 saturated heterocycles. The van der Waals surface area contributed by atoms with Gasteiger partial charge in [0.15, 0.2) is 0 Å². The van der Waals surface area contributed by atoms with Gasteiger partial charge in [-0.05, 0) is 54.4 Å². The molecule has 2 aromatic rings. The Labute approximate surface area is 242 Å². The zero-order chi connectivity index (χ0) is 28.3. The standard InChI is InChI=1S/C36H49N3O/c1-5-6-7-8-9-10-11-12-15-25-37-27(2)21-23-30-17-13-14-19-32(30)33-20-16-18-31-26-39(29(4)35(31)33)34-24-22-28(3)38-36(34)40/h13-14,16-20,34,37H,2-12,15,21-26H2,1H3,(H,38,40). The van der Waals surface area contributed by atoms with Gasteiger partial charge in [-0.1, -0.05) is 120 Å². The Morgan fingerprint density at radius 1 is 0.950 bits per heavy atom. The lowest BCUT2D eigenvalue weighted by atomic mass is 9.91. The molecule has 4 nitrogen and oxygen atoms in total. The van der Waals surface area contributed by atoms with E-state index in [1.165, 1.54) is 85.6 Å². The Kier molecular flexibility index (Phi) is 11.1. The lowest BCUT2D eigenvalue weighted by Gasteiger charge is -2.33. The molecule has 4 heteroatoms. The Balaban J connectivity index is 1.31. The normalized spacial score (nSPS) is 16.7. The highest BCUT2D eigenvalue weighted by Crippen LogP contribution is 2.42. The third-order valence-corrected chi connectivity index (χ3v) is 8.48. The first-order valence-corrected chi connectivity index (χ1v) is 15.6. The minimum absolute atomic E-state index is 0.0283. The molecule has 0 aliphatic carbocycles. The number of amides is 1. The zero-order valence-electron chi connectivity index (χ0n) is 24.7. The molecule has 1 unspecified atom stereocenters. The first-order valence-electron chi connectivity index (χ1n) is 15.6. The number of hydrogen-bond donors (Lipinski definition) is 2. The maximum Gasteiger partial charge on any atom is 0.246 e. The molecule has 1 atom stereocenters. The van der Waals surface area contributed by atoms with Gasteiger partial charge in [0, 0.05) is 35.7 Å². The number of aryl methyl sites for hydroxylation is 1. The van der Waals surface area contributed by atoms with E-state index in [4.69, 9.17) is 0 Å². The summed E-state index contributed by atoms with van der Waals surface area (Å²) in [5, 5.41) is 6.51. The summed E-state index contributed by atoms with van der Waals surface area (Å²) in [4.78, 5) is 14.9. The van der Waals surface area contributed by atoms with Crippen molar-refractivity contribution in [1.82, 2.24) is 15.5 Å². The second-order valence-corrected chi connectivity index (χ2v) is 11.6. The van der Waals surface area contributed by atoms with E-state index in [1.807, 2.05) is 0 Å². The summed E-state index contributed by atoms with van der Waals surface area (Å²) in [6.45, 7) is 16.7. The van der Waals surface area contributed by atoms with Crippen LogP contribution in [0.15, 0.2) is 73.6 Å². The molecule has 2 aliphatic rings. The van der Waals surface area contributed by atoms with E-state index < -0.39 is 0 Å². The molecule has 4 rings (SSSR count). The number of unbranched alkanes of at least 4 members (excludes halogenated alkanes) is 8. The summed E-state index contributed by atoms with van der Waals surface area (Å²) >= 11 is 0. The fourth-order valence-corrected chi connectivity index (χ4v) is 6.15. The predicted molar refractivity (Wildman–Crippen MR) is 169 cm³/mol. The van der Waals surface area contributed by atoms with Crippen LogP contribution < -0.4 is 10.6 Å². The fourth-order valence-electron chi connectivity index (χ4n) is 6.15. The van der Waals surface area contributed by atoms with Crippen molar-refractivity contribution in [2.24, 2.45) is 0 Å². The van der Waals surface area contributed by atoms with E-state index in [9.17, 15) is 4.79 Å². The van der Waals surface area contributed by atoms with E-state index >= 15 is 0 Å². The number of piperidine rings is 1. The number of carbonyl (C=O) groups is 1. The van der Waals surface area contributed by atoms with Gasteiger partial charge >= 0.3 is 0 Å². The van der Waals surface area contributed by atoms with E-state index in [2.05, 4.69) is 84.7 Å². The second-order valence-electron chi connectivity index (χ2n) is 11.6. The van der Waals surface area contributed by atoms with Crippen molar-refractivity contribution in [3.05, 3.63) is 90.3 Å². The number of benzene rings is 2. The number of fused-ring (bicyclic) bond motifs is 1. The molecule has 0 radical (unpaired) electrons. The maximum absolute atomic E-state index is 12.8. The summed E-state index contributed by atoms with van der Waals surface area (Å²) < 4.78 is 0. The Hall–Kier alpha value is -3.27. The summed E-state index contributed by atoms with van der Waals surface area (Å²) in [5.41, 5.74) is 9.05. The molecule has 0 bridgehead atoms. The Bertz CT molecular complexity index is 1200. The molecular weight excluding hydrogens is 490 g/mol. The van der Waals surface area contributed by atoms with Crippen molar-refractivity contribution in [2.45, 2.75) is 103 Å². The SMILES string of the molecule is C=C(CCc1ccccc1-c1cccc2c1C(=C)N(C1CCC(=C)NC1=O)C2)NCCCCCCCCCCC. The molecule has 0 saturated carbocycles. The summed E-state index contributed by atoms with van der Waals surface area (Å²) in [7, 11) is 0. The number of nitrogens with zero attached hydrogens (tertiary/aromatic N) is 1. The van der Waals surface area contributed by atoms with Crippen molar-refractivity contribution < 1.29 is 4.79 Å². The van der Waals surface area contributed by atoms with Crippen molar-refractivity contribution in [2.75, 3.05) is 6.54 Å². The van der Waals surface area contributed by atoms with Crippen LogP contribution in [0.3, 0.4) is 0 Å².